The van der Waals surface area contributed by atoms with Gasteiger partial charge in [0.15, 0.2) is 5.69 Å². The number of carbonyl (C=O) groups is 1. The average Bonchev–Trinajstić information content (AvgIpc) is 3.05. The Labute approximate surface area is 173 Å². The van der Waals surface area contributed by atoms with Gasteiger partial charge < -0.3 is 20.3 Å². The standard InChI is InChI=1S/C18H24BN5O6/c1-5-6-12(22-16(25)30-17(2,3)4)11-7-8-20-13(9-11)15-14(24(28)29)10-21-23(15)18(19,26)27/h5,7-10,12,26-27H,1,6,19H2,2-4H3,(H,22,25). The molecule has 0 bridgehead atoms. The number of nitrogens with zero attached hydrogens (tertiary/aromatic N) is 4. The van der Waals surface area contributed by atoms with Crippen molar-refractivity contribution in [3.8, 4) is 11.4 Å². The summed E-state index contributed by atoms with van der Waals surface area (Å²) < 4.78 is 5.98. The van der Waals surface area contributed by atoms with E-state index >= 15 is 0 Å². The molecule has 0 aliphatic carbocycles. The predicted molar refractivity (Wildman–Crippen MR) is 110 cm³/mol. The maximum atomic E-state index is 12.2. The lowest BCUT2D eigenvalue weighted by molar-refractivity contribution is -0.384. The summed E-state index contributed by atoms with van der Waals surface area (Å²) in [6.45, 7) is 8.90. The van der Waals surface area contributed by atoms with Gasteiger partial charge in [-0.05, 0) is 44.9 Å². The quantitative estimate of drug-likeness (QED) is 0.200. The number of hydrogen-bond acceptors (Lipinski definition) is 8. The van der Waals surface area contributed by atoms with E-state index in [9.17, 15) is 25.1 Å². The van der Waals surface area contributed by atoms with Crippen molar-refractivity contribution >= 4 is 19.6 Å². The van der Waals surface area contributed by atoms with Crippen molar-refractivity contribution in [3.63, 3.8) is 0 Å². The third-order valence-electron chi connectivity index (χ3n) is 3.87. The number of aliphatic hydroxyl groups is 2. The lowest BCUT2D eigenvalue weighted by Crippen LogP contribution is -2.35. The third-order valence-corrected chi connectivity index (χ3v) is 3.87. The molecule has 0 fully saturated rings. The van der Waals surface area contributed by atoms with E-state index in [0.29, 0.717) is 16.7 Å². The molecule has 2 aromatic heterocycles. The summed E-state index contributed by atoms with van der Waals surface area (Å²) in [5, 5.41) is 37.7. The Balaban J connectivity index is 2.48. The van der Waals surface area contributed by atoms with Crippen LogP contribution in [0.2, 0.25) is 0 Å². The van der Waals surface area contributed by atoms with E-state index < -0.39 is 34.2 Å². The highest BCUT2D eigenvalue weighted by Gasteiger charge is 2.32. The van der Waals surface area contributed by atoms with Gasteiger partial charge in [-0.25, -0.2) is 9.48 Å². The number of amides is 1. The second-order valence-corrected chi connectivity index (χ2v) is 7.72. The second kappa shape index (κ2) is 8.63. The number of nitrogens with one attached hydrogen (secondary N) is 1. The van der Waals surface area contributed by atoms with Gasteiger partial charge >= 0.3 is 11.8 Å². The summed E-state index contributed by atoms with van der Waals surface area (Å²) in [6, 6.07) is 2.57. The fraction of sp³-hybridized carbons (Fsp3) is 0.389. The first-order chi connectivity index (χ1) is 13.8. The SMILES string of the molecule is BC(O)(O)n1ncc([N+](=O)[O-])c1-c1cc(C(CC=C)NC(=O)OC(C)(C)C)ccn1. The predicted octanol–water partition coefficient (Wildman–Crippen LogP) is 1.18. The molecular weight excluding hydrogens is 393 g/mol. The molecule has 3 N–H and O–H groups in total. The van der Waals surface area contributed by atoms with Crippen LogP contribution in [0.15, 0.2) is 37.2 Å². The molecule has 30 heavy (non-hydrogen) atoms. The zero-order valence-corrected chi connectivity index (χ0v) is 17.2. The molecule has 2 heterocycles. The molecule has 160 valence electrons. The minimum absolute atomic E-state index is 0.0751. The molecular formula is C18H24BN5O6. The zero-order chi connectivity index (χ0) is 22.7. The smallest absolute Gasteiger partial charge is 0.408 e. The summed E-state index contributed by atoms with van der Waals surface area (Å²) in [6.07, 6.45) is 3.62. The van der Waals surface area contributed by atoms with Gasteiger partial charge in [-0.2, -0.15) is 5.10 Å². The van der Waals surface area contributed by atoms with E-state index in [-0.39, 0.29) is 11.4 Å². The van der Waals surface area contributed by atoms with E-state index in [1.165, 1.54) is 12.3 Å². The minimum atomic E-state index is -2.49. The van der Waals surface area contributed by atoms with Gasteiger partial charge in [0.2, 0.25) is 13.7 Å². The molecule has 0 aliphatic rings. The largest absolute Gasteiger partial charge is 0.444 e. The second-order valence-electron chi connectivity index (χ2n) is 7.72. The van der Waals surface area contributed by atoms with Crippen LogP contribution >= 0.6 is 0 Å². The van der Waals surface area contributed by atoms with E-state index in [1.807, 2.05) is 0 Å². The van der Waals surface area contributed by atoms with E-state index in [1.54, 1.807) is 32.9 Å². The highest BCUT2D eigenvalue weighted by Crippen LogP contribution is 2.32. The van der Waals surface area contributed by atoms with Crippen LogP contribution in [0, 0.1) is 10.1 Å². The maximum absolute atomic E-state index is 12.2. The number of carbonyl (C=O) groups excluding carboxylic acids is 1. The zero-order valence-electron chi connectivity index (χ0n) is 17.2. The third kappa shape index (κ3) is 5.64. The Hall–Kier alpha value is -3.25. The number of aromatic nitrogens is 3. The fourth-order valence-corrected chi connectivity index (χ4v) is 2.72. The topological polar surface area (TPSA) is 153 Å². The molecule has 0 aromatic carbocycles. The summed E-state index contributed by atoms with van der Waals surface area (Å²) in [4.78, 5) is 27.0. The molecule has 0 aliphatic heterocycles. The van der Waals surface area contributed by atoms with Crippen molar-refractivity contribution in [1.29, 1.82) is 0 Å². The number of pyridine rings is 1. The number of alkyl carbamates (subject to hydrolysis) is 1. The molecule has 1 amide bonds. The van der Waals surface area contributed by atoms with Crippen molar-refractivity contribution in [3.05, 3.63) is 52.9 Å². The molecule has 2 aromatic rings. The Bertz CT molecular complexity index is 947. The maximum Gasteiger partial charge on any atom is 0.408 e. The van der Waals surface area contributed by atoms with Crippen LogP contribution in [0.3, 0.4) is 0 Å². The first-order valence-corrected chi connectivity index (χ1v) is 9.08. The molecule has 12 heteroatoms. The lowest BCUT2D eigenvalue weighted by Gasteiger charge is -2.24. The monoisotopic (exact) mass is 417 g/mol. The van der Waals surface area contributed by atoms with Gasteiger partial charge in [0.1, 0.15) is 11.8 Å². The molecule has 1 atom stereocenters. The lowest BCUT2D eigenvalue weighted by atomic mass is 10.0. The number of hydrogen-bond donors (Lipinski definition) is 3. The van der Waals surface area contributed by atoms with Crippen molar-refractivity contribution in [2.45, 2.75) is 44.6 Å². The molecule has 1 unspecified atom stereocenters. The molecule has 0 radical (unpaired) electrons. The normalized spacial score (nSPS) is 12.8. The molecule has 11 nitrogen and oxygen atoms in total. The summed E-state index contributed by atoms with van der Waals surface area (Å²) in [5.74, 6) is -2.49. The molecule has 0 spiro atoms. The van der Waals surface area contributed by atoms with Crippen molar-refractivity contribution < 1.29 is 24.7 Å². The van der Waals surface area contributed by atoms with Gasteiger partial charge in [0.05, 0.1) is 16.7 Å². The first kappa shape index (κ1) is 23.0. The number of ether oxygens (including phenoxy) is 1. The fourth-order valence-electron chi connectivity index (χ4n) is 2.72. The van der Waals surface area contributed by atoms with E-state index in [4.69, 9.17) is 4.74 Å². The summed E-state index contributed by atoms with van der Waals surface area (Å²) in [5.41, 5.74) is -0.693. The van der Waals surface area contributed by atoms with Crippen LogP contribution in [0.1, 0.15) is 38.8 Å². The number of rotatable bonds is 7. The Morgan fingerprint density at radius 1 is 1.50 bits per heavy atom. The van der Waals surface area contributed by atoms with Gasteiger partial charge in [-0.1, -0.05) is 6.08 Å². The average molecular weight is 417 g/mol. The minimum Gasteiger partial charge on any atom is -0.444 e. The highest BCUT2D eigenvalue weighted by molar-refractivity contribution is 6.11. The summed E-state index contributed by atoms with van der Waals surface area (Å²) >= 11 is 0. The van der Waals surface area contributed by atoms with Crippen LogP contribution < -0.4 is 5.32 Å². The Morgan fingerprint density at radius 3 is 2.70 bits per heavy atom. The van der Waals surface area contributed by atoms with Crippen LogP contribution in [0.25, 0.3) is 11.4 Å². The van der Waals surface area contributed by atoms with Crippen molar-refractivity contribution in [2.24, 2.45) is 0 Å². The summed E-state index contributed by atoms with van der Waals surface area (Å²) in [7, 11) is 1.02. The van der Waals surface area contributed by atoms with Crippen molar-refractivity contribution in [2.75, 3.05) is 0 Å². The molecule has 0 saturated heterocycles. The van der Waals surface area contributed by atoms with Crippen LogP contribution in [-0.2, 0) is 10.5 Å². The van der Waals surface area contributed by atoms with E-state index in [0.717, 1.165) is 14.0 Å². The van der Waals surface area contributed by atoms with E-state index in [2.05, 4.69) is 22.0 Å². The van der Waals surface area contributed by atoms with Gasteiger partial charge in [0, 0.05) is 6.20 Å². The Kier molecular flexibility index (Phi) is 6.63. The molecule has 2 rings (SSSR count). The number of nitro groups is 1. The van der Waals surface area contributed by atoms with Gasteiger partial charge in [-0.15, -0.1) is 6.58 Å². The van der Waals surface area contributed by atoms with Gasteiger partial charge in [-0.3, -0.25) is 15.1 Å². The van der Waals surface area contributed by atoms with Crippen LogP contribution in [0.5, 0.6) is 0 Å². The van der Waals surface area contributed by atoms with Crippen LogP contribution in [-0.4, -0.2) is 49.4 Å². The Morgan fingerprint density at radius 2 is 2.17 bits per heavy atom. The first-order valence-electron chi connectivity index (χ1n) is 9.08. The molecule has 0 saturated carbocycles. The van der Waals surface area contributed by atoms with Crippen molar-refractivity contribution in [1.82, 2.24) is 20.1 Å². The van der Waals surface area contributed by atoms with Crippen LogP contribution in [0.4, 0.5) is 10.5 Å². The highest BCUT2D eigenvalue weighted by atomic mass is 16.6. The van der Waals surface area contributed by atoms with Gasteiger partial charge in [0.25, 0.3) is 0 Å².